The van der Waals surface area contributed by atoms with E-state index >= 15 is 0 Å². The minimum absolute atomic E-state index is 0.224. The molecule has 3 aromatic rings. The van der Waals surface area contributed by atoms with Gasteiger partial charge in [0.1, 0.15) is 17.8 Å². The van der Waals surface area contributed by atoms with Gasteiger partial charge in [-0.05, 0) is 33.6 Å². The molecule has 0 aliphatic rings. The van der Waals surface area contributed by atoms with Crippen LogP contribution in [0.1, 0.15) is 16.1 Å². The molecule has 0 aliphatic heterocycles. The van der Waals surface area contributed by atoms with E-state index in [0.29, 0.717) is 23.6 Å². The lowest BCUT2D eigenvalue weighted by atomic mass is 10.2. The van der Waals surface area contributed by atoms with Gasteiger partial charge < -0.3 is 19.5 Å². The lowest BCUT2D eigenvalue weighted by molar-refractivity contribution is -0.0974. The second-order valence-corrected chi connectivity index (χ2v) is 6.88. The van der Waals surface area contributed by atoms with Crippen LogP contribution in [0, 0.1) is 0 Å². The van der Waals surface area contributed by atoms with Crippen LogP contribution in [0.4, 0.5) is 0 Å². The fourth-order valence-corrected chi connectivity index (χ4v) is 3.10. The number of fused-ring (bicyclic) bond motifs is 1. The Hall–Kier alpha value is -2.48. The number of halogens is 1. The summed E-state index contributed by atoms with van der Waals surface area (Å²) in [4.78, 5) is 17.0. The highest BCUT2D eigenvalue weighted by molar-refractivity contribution is 9.10. The normalized spacial score (nSPS) is 11.0. The predicted molar refractivity (Wildman–Crippen MR) is 110 cm³/mol. The quantitative estimate of drug-likeness (QED) is 0.533. The monoisotopic (exact) mass is 444 g/mol. The topological polar surface area (TPSA) is 69.7 Å². The Kier molecular flexibility index (Phi) is 6.97. The molecule has 0 saturated heterocycles. The summed E-state index contributed by atoms with van der Waals surface area (Å²) in [5.41, 5.74) is 1.96. The molecule has 0 unspecified atom stereocenters. The molecule has 0 bridgehead atoms. The van der Waals surface area contributed by atoms with Crippen LogP contribution >= 0.6 is 15.9 Å². The number of methoxy groups -OCH3 is 2. The molecule has 2 aromatic carbocycles. The zero-order chi connectivity index (χ0) is 19.9. The number of nitrogens with zero attached hydrogens (tertiary/aromatic N) is 1. The third-order valence-electron chi connectivity index (χ3n) is 4.18. The van der Waals surface area contributed by atoms with E-state index in [9.17, 15) is 4.79 Å². The van der Waals surface area contributed by atoms with Crippen LogP contribution < -0.4 is 10.1 Å². The number of rotatable bonds is 8. The van der Waals surface area contributed by atoms with Crippen molar-refractivity contribution in [3.05, 3.63) is 70.3 Å². The average molecular weight is 445 g/mol. The summed E-state index contributed by atoms with van der Waals surface area (Å²) in [5.74, 6) is 0.289. The van der Waals surface area contributed by atoms with Crippen LogP contribution in [0.25, 0.3) is 10.9 Å². The summed E-state index contributed by atoms with van der Waals surface area (Å²) < 4.78 is 17.0. The van der Waals surface area contributed by atoms with E-state index in [1.54, 1.807) is 6.07 Å². The van der Waals surface area contributed by atoms with Gasteiger partial charge in [0.2, 0.25) is 0 Å². The zero-order valence-electron chi connectivity index (χ0n) is 15.6. The Balaban J connectivity index is 1.84. The first-order valence-electron chi connectivity index (χ1n) is 8.72. The third kappa shape index (κ3) is 4.86. The smallest absolute Gasteiger partial charge is 0.270 e. The van der Waals surface area contributed by atoms with E-state index in [1.165, 1.54) is 14.2 Å². The Morgan fingerprint density at radius 2 is 1.79 bits per heavy atom. The summed E-state index contributed by atoms with van der Waals surface area (Å²) in [7, 11) is 3.03. The van der Waals surface area contributed by atoms with Gasteiger partial charge in [-0.1, -0.05) is 42.5 Å². The third-order valence-corrected chi connectivity index (χ3v) is 4.81. The largest absolute Gasteiger partial charge is 0.485 e. The number of aromatic nitrogens is 1. The van der Waals surface area contributed by atoms with E-state index in [0.717, 1.165) is 15.4 Å². The van der Waals surface area contributed by atoms with Gasteiger partial charge in [0.15, 0.2) is 12.0 Å². The number of amides is 1. The number of benzene rings is 2. The summed E-state index contributed by atoms with van der Waals surface area (Å²) in [6.45, 7) is 0.626. The van der Waals surface area contributed by atoms with Crippen LogP contribution in [-0.4, -0.2) is 37.9 Å². The minimum Gasteiger partial charge on any atom is -0.485 e. The number of ether oxygens (including phenoxy) is 3. The van der Waals surface area contributed by atoms with Crippen molar-refractivity contribution in [3.63, 3.8) is 0 Å². The zero-order valence-corrected chi connectivity index (χ0v) is 17.2. The first-order chi connectivity index (χ1) is 13.6. The Bertz CT molecular complexity index is 946. The summed E-state index contributed by atoms with van der Waals surface area (Å²) in [6.07, 6.45) is -0.511. The van der Waals surface area contributed by atoms with Gasteiger partial charge >= 0.3 is 0 Å². The van der Waals surface area contributed by atoms with E-state index in [4.69, 9.17) is 14.2 Å². The number of carbonyl (C=O) groups excluding carboxylic acids is 1. The number of carbonyl (C=O) groups is 1. The molecule has 146 valence electrons. The second-order valence-electron chi connectivity index (χ2n) is 6.03. The first-order valence-corrected chi connectivity index (χ1v) is 9.51. The summed E-state index contributed by atoms with van der Waals surface area (Å²) in [5, 5.41) is 3.64. The van der Waals surface area contributed by atoms with Crippen molar-refractivity contribution in [2.24, 2.45) is 0 Å². The number of hydrogen-bond acceptors (Lipinski definition) is 5. The Morgan fingerprint density at radius 3 is 2.50 bits per heavy atom. The Labute approximate surface area is 171 Å². The molecular formula is C21H21BrN2O4. The van der Waals surface area contributed by atoms with Gasteiger partial charge in [0.25, 0.3) is 5.91 Å². The van der Waals surface area contributed by atoms with Crippen LogP contribution in [0.15, 0.2) is 59.1 Å². The molecule has 28 heavy (non-hydrogen) atoms. The average Bonchev–Trinajstić information content (AvgIpc) is 2.74. The van der Waals surface area contributed by atoms with E-state index in [2.05, 4.69) is 26.2 Å². The summed E-state index contributed by atoms with van der Waals surface area (Å²) >= 11 is 3.52. The number of hydrogen-bond donors (Lipinski definition) is 1. The molecular weight excluding hydrogens is 424 g/mol. The molecule has 0 radical (unpaired) electrons. The predicted octanol–water partition coefficient (Wildman–Crippen LogP) is 3.93. The second kappa shape index (κ2) is 9.64. The van der Waals surface area contributed by atoms with Crippen molar-refractivity contribution in [1.29, 1.82) is 0 Å². The minimum atomic E-state index is -0.511. The van der Waals surface area contributed by atoms with Crippen molar-refractivity contribution >= 4 is 32.7 Å². The van der Waals surface area contributed by atoms with Gasteiger partial charge in [-0.25, -0.2) is 4.98 Å². The molecule has 0 atom stereocenters. The van der Waals surface area contributed by atoms with Crippen LogP contribution in [-0.2, 0) is 16.1 Å². The van der Waals surface area contributed by atoms with Crippen molar-refractivity contribution < 1.29 is 19.0 Å². The van der Waals surface area contributed by atoms with E-state index in [1.807, 2.05) is 48.5 Å². The Morgan fingerprint density at radius 1 is 1.07 bits per heavy atom. The maximum absolute atomic E-state index is 12.5. The van der Waals surface area contributed by atoms with Crippen LogP contribution in [0.3, 0.4) is 0 Å². The standard InChI is InChI=1S/C21H21BrN2O4/c1-26-18(27-2)12-23-21(25)17-11-9-15-8-10-16(22)20(19(15)24-17)28-13-14-6-4-3-5-7-14/h3-11,18H,12-13H2,1-2H3,(H,23,25). The highest BCUT2D eigenvalue weighted by Crippen LogP contribution is 2.33. The highest BCUT2D eigenvalue weighted by Gasteiger charge is 2.15. The lowest BCUT2D eigenvalue weighted by Gasteiger charge is -2.14. The first kappa shape index (κ1) is 20.3. The van der Waals surface area contributed by atoms with Crippen molar-refractivity contribution in [1.82, 2.24) is 10.3 Å². The van der Waals surface area contributed by atoms with E-state index in [-0.39, 0.29) is 12.5 Å². The molecule has 0 fully saturated rings. The fraction of sp³-hybridized carbons (Fsp3) is 0.238. The molecule has 1 aromatic heterocycles. The maximum atomic E-state index is 12.5. The van der Waals surface area contributed by atoms with Gasteiger partial charge in [-0.15, -0.1) is 0 Å². The van der Waals surface area contributed by atoms with Gasteiger partial charge in [-0.2, -0.15) is 0 Å². The van der Waals surface area contributed by atoms with Crippen LogP contribution in [0.5, 0.6) is 5.75 Å². The number of nitrogens with one attached hydrogen (secondary N) is 1. The van der Waals surface area contributed by atoms with E-state index < -0.39 is 6.29 Å². The molecule has 0 spiro atoms. The SMILES string of the molecule is COC(CNC(=O)c1ccc2ccc(Br)c(OCc3ccccc3)c2n1)OC. The fourth-order valence-electron chi connectivity index (χ4n) is 2.66. The van der Waals surface area contributed by atoms with Crippen molar-refractivity contribution in [2.45, 2.75) is 12.9 Å². The molecule has 3 rings (SSSR count). The molecule has 0 aliphatic carbocycles. The highest BCUT2D eigenvalue weighted by atomic mass is 79.9. The molecule has 6 nitrogen and oxygen atoms in total. The lowest BCUT2D eigenvalue weighted by Crippen LogP contribution is -2.34. The molecule has 0 saturated carbocycles. The molecule has 1 N–H and O–H groups in total. The van der Waals surface area contributed by atoms with Crippen LogP contribution in [0.2, 0.25) is 0 Å². The maximum Gasteiger partial charge on any atom is 0.270 e. The molecule has 1 amide bonds. The van der Waals surface area contributed by atoms with Crippen molar-refractivity contribution in [3.8, 4) is 5.75 Å². The number of pyridine rings is 1. The molecule has 7 heteroatoms. The van der Waals surface area contributed by atoms with Gasteiger partial charge in [0.05, 0.1) is 11.0 Å². The van der Waals surface area contributed by atoms with Gasteiger partial charge in [-0.3, -0.25) is 4.79 Å². The van der Waals surface area contributed by atoms with Gasteiger partial charge in [0, 0.05) is 19.6 Å². The summed E-state index contributed by atoms with van der Waals surface area (Å²) in [6, 6.07) is 17.2. The molecule has 1 heterocycles. The van der Waals surface area contributed by atoms with Crippen molar-refractivity contribution in [2.75, 3.05) is 20.8 Å².